The van der Waals surface area contributed by atoms with Crippen molar-refractivity contribution in [3.8, 4) is 0 Å². The summed E-state index contributed by atoms with van der Waals surface area (Å²) in [5.41, 5.74) is 2.00. The highest BCUT2D eigenvalue weighted by Crippen LogP contribution is 2.32. The van der Waals surface area contributed by atoms with Gasteiger partial charge in [0.2, 0.25) is 5.91 Å². The van der Waals surface area contributed by atoms with Crippen LogP contribution in [0.4, 0.5) is 5.69 Å². The number of ether oxygens (including phenoxy) is 1. The molecule has 30 heavy (non-hydrogen) atoms. The summed E-state index contributed by atoms with van der Waals surface area (Å²) in [6, 6.07) is 7.89. The lowest BCUT2D eigenvalue weighted by Crippen LogP contribution is -2.38. The first-order valence-electron chi connectivity index (χ1n) is 10.8. The fourth-order valence-electron chi connectivity index (χ4n) is 3.90. The zero-order chi connectivity index (χ0) is 20.5. The zero-order valence-electron chi connectivity index (χ0n) is 17.6. The van der Waals surface area contributed by atoms with E-state index in [1.807, 2.05) is 31.2 Å². The van der Waals surface area contributed by atoms with Gasteiger partial charge in [0.25, 0.3) is 0 Å². The lowest BCUT2D eigenvalue weighted by atomic mass is 9.91. The maximum atomic E-state index is 12.0. The van der Waals surface area contributed by atoms with Crippen LogP contribution in [0.15, 0.2) is 29.3 Å². The smallest absolute Gasteiger partial charge is 0.306 e. The van der Waals surface area contributed by atoms with Crippen LogP contribution in [0.5, 0.6) is 0 Å². The van der Waals surface area contributed by atoms with Gasteiger partial charge in [-0.2, -0.15) is 0 Å². The molecule has 3 N–H and O–H groups in total. The van der Waals surface area contributed by atoms with E-state index < -0.39 is 0 Å². The molecule has 0 spiro atoms. The van der Waals surface area contributed by atoms with Gasteiger partial charge in [0.05, 0.1) is 6.54 Å². The number of esters is 1. The number of carbonyl (C=O) groups excluding carboxylic acids is 2. The van der Waals surface area contributed by atoms with E-state index in [0.717, 1.165) is 43.5 Å². The number of nitrogens with zero attached hydrogens (tertiary/aromatic N) is 1. The first-order valence-corrected chi connectivity index (χ1v) is 10.8. The molecule has 166 valence electrons. The molecule has 1 fully saturated rings. The minimum absolute atomic E-state index is 0. The number of rotatable bonds is 8. The molecule has 1 unspecified atom stereocenters. The number of halogens is 1. The molecular formula is C22H33IN4O3. The third-order valence-corrected chi connectivity index (χ3v) is 5.37. The van der Waals surface area contributed by atoms with Crippen molar-refractivity contribution in [1.29, 1.82) is 0 Å². The molecule has 0 saturated heterocycles. The first-order chi connectivity index (χ1) is 14.2. The van der Waals surface area contributed by atoms with Crippen molar-refractivity contribution in [2.45, 2.75) is 63.9 Å². The number of hydrogen-bond donors (Lipinski definition) is 3. The van der Waals surface area contributed by atoms with Crippen LogP contribution >= 0.6 is 24.0 Å². The van der Waals surface area contributed by atoms with Gasteiger partial charge in [0, 0.05) is 37.5 Å². The summed E-state index contributed by atoms with van der Waals surface area (Å²) in [4.78, 5) is 28.6. The number of para-hydroxylation sites is 1. The molecule has 1 aliphatic carbocycles. The van der Waals surface area contributed by atoms with Gasteiger partial charge in [-0.15, -0.1) is 24.0 Å². The summed E-state index contributed by atoms with van der Waals surface area (Å²) in [6.45, 7) is 3.94. The van der Waals surface area contributed by atoms with Gasteiger partial charge in [-0.05, 0) is 50.7 Å². The highest BCUT2D eigenvalue weighted by Gasteiger charge is 2.24. The number of benzene rings is 1. The number of hydrogen-bond acceptors (Lipinski definition) is 4. The average molecular weight is 528 g/mol. The van der Waals surface area contributed by atoms with E-state index >= 15 is 0 Å². The van der Waals surface area contributed by atoms with Crippen LogP contribution < -0.4 is 16.0 Å². The highest BCUT2D eigenvalue weighted by molar-refractivity contribution is 14.0. The molecule has 1 aliphatic heterocycles. The molecule has 1 aromatic rings. The normalized spacial score (nSPS) is 18.8. The Kier molecular flexibility index (Phi) is 10.4. The van der Waals surface area contributed by atoms with Crippen molar-refractivity contribution < 1.29 is 14.3 Å². The first kappa shape index (κ1) is 24.4. The van der Waals surface area contributed by atoms with Crippen LogP contribution in [-0.4, -0.2) is 43.6 Å². The van der Waals surface area contributed by atoms with Crippen molar-refractivity contribution in [2.75, 3.05) is 25.0 Å². The van der Waals surface area contributed by atoms with E-state index in [4.69, 9.17) is 4.74 Å². The number of carbonyl (C=O) groups is 2. The molecule has 1 amide bonds. The van der Waals surface area contributed by atoms with Crippen LogP contribution in [0.2, 0.25) is 0 Å². The van der Waals surface area contributed by atoms with E-state index in [2.05, 4.69) is 20.9 Å². The second kappa shape index (κ2) is 12.8. The molecule has 0 aromatic heterocycles. The number of aliphatic imine (C=N–C) groups is 1. The van der Waals surface area contributed by atoms with Crippen LogP contribution in [0.25, 0.3) is 0 Å². The zero-order valence-corrected chi connectivity index (χ0v) is 19.9. The molecular weight excluding hydrogens is 495 g/mol. The summed E-state index contributed by atoms with van der Waals surface area (Å²) in [5, 5.41) is 9.42. The van der Waals surface area contributed by atoms with Gasteiger partial charge < -0.3 is 20.7 Å². The lowest BCUT2D eigenvalue weighted by Gasteiger charge is -2.24. The number of nitrogens with one attached hydrogen (secondary N) is 3. The number of guanidine groups is 1. The second-order valence-electron chi connectivity index (χ2n) is 7.68. The maximum absolute atomic E-state index is 12.0. The third kappa shape index (κ3) is 7.45. The van der Waals surface area contributed by atoms with Crippen molar-refractivity contribution >= 4 is 47.5 Å². The molecule has 1 heterocycles. The Morgan fingerprint density at radius 2 is 2.00 bits per heavy atom. The summed E-state index contributed by atoms with van der Waals surface area (Å²) < 4.78 is 5.49. The maximum Gasteiger partial charge on any atom is 0.306 e. The topological polar surface area (TPSA) is 91.8 Å². The summed E-state index contributed by atoms with van der Waals surface area (Å²) >= 11 is 0. The van der Waals surface area contributed by atoms with E-state index in [-0.39, 0.29) is 47.9 Å². The fraction of sp³-hybridized carbons (Fsp3) is 0.591. The Morgan fingerprint density at radius 3 is 2.77 bits per heavy atom. The molecule has 1 saturated carbocycles. The predicted molar refractivity (Wildman–Crippen MR) is 129 cm³/mol. The summed E-state index contributed by atoms with van der Waals surface area (Å²) in [5.74, 6) is 0.699. The quantitative estimate of drug-likeness (QED) is 0.158. The highest BCUT2D eigenvalue weighted by atomic mass is 127. The van der Waals surface area contributed by atoms with Crippen molar-refractivity contribution in [3.05, 3.63) is 29.8 Å². The van der Waals surface area contributed by atoms with E-state index in [1.54, 1.807) is 0 Å². The number of amides is 1. The number of fused-ring (bicyclic) bond motifs is 1. The second-order valence-corrected chi connectivity index (χ2v) is 7.68. The van der Waals surface area contributed by atoms with Gasteiger partial charge in [0.1, 0.15) is 6.10 Å². The fourth-order valence-corrected chi connectivity index (χ4v) is 3.90. The molecule has 1 atom stereocenters. The predicted octanol–water partition coefficient (Wildman–Crippen LogP) is 3.55. The van der Waals surface area contributed by atoms with Crippen molar-refractivity contribution in [2.24, 2.45) is 4.99 Å². The van der Waals surface area contributed by atoms with Crippen LogP contribution in [0.3, 0.4) is 0 Å². The molecule has 2 aliphatic rings. The molecule has 7 nitrogen and oxygen atoms in total. The third-order valence-electron chi connectivity index (χ3n) is 5.37. The Labute approximate surface area is 195 Å². The van der Waals surface area contributed by atoms with Crippen LogP contribution in [0.1, 0.15) is 63.4 Å². The largest absolute Gasteiger partial charge is 0.462 e. The molecule has 0 radical (unpaired) electrons. The van der Waals surface area contributed by atoms with Gasteiger partial charge in [-0.3, -0.25) is 14.6 Å². The molecule has 3 rings (SSSR count). The van der Waals surface area contributed by atoms with Gasteiger partial charge in [-0.1, -0.05) is 18.2 Å². The minimum atomic E-state index is -0.106. The molecule has 8 heteroatoms. The minimum Gasteiger partial charge on any atom is -0.462 e. The van der Waals surface area contributed by atoms with E-state index in [0.29, 0.717) is 38.3 Å². The Balaban J connectivity index is 0.00000320. The monoisotopic (exact) mass is 528 g/mol. The Hall–Kier alpha value is -1.84. The van der Waals surface area contributed by atoms with Gasteiger partial charge in [0.15, 0.2) is 5.96 Å². The van der Waals surface area contributed by atoms with Gasteiger partial charge in [-0.25, -0.2) is 0 Å². The Bertz CT molecular complexity index is 735. The van der Waals surface area contributed by atoms with Crippen LogP contribution in [0, 0.1) is 0 Å². The van der Waals surface area contributed by atoms with Crippen molar-refractivity contribution in [3.63, 3.8) is 0 Å². The Morgan fingerprint density at radius 1 is 1.23 bits per heavy atom. The van der Waals surface area contributed by atoms with Gasteiger partial charge >= 0.3 is 5.97 Å². The van der Waals surface area contributed by atoms with Crippen LogP contribution in [-0.2, 0) is 14.3 Å². The SMILES string of the molecule is CCNC(=NCC1CC(=O)Nc2ccccc21)NCCCC(=O)OC1CCCC1.I. The van der Waals surface area contributed by atoms with E-state index in [1.165, 1.54) is 0 Å². The summed E-state index contributed by atoms with van der Waals surface area (Å²) in [6.07, 6.45) is 6.01. The van der Waals surface area contributed by atoms with E-state index in [9.17, 15) is 9.59 Å². The lowest BCUT2D eigenvalue weighted by molar-refractivity contribution is -0.148. The summed E-state index contributed by atoms with van der Waals surface area (Å²) in [7, 11) is 0. The molecule has 1 aromatic carbocycles. The standard InChI is InChI=1S/C22H32N4O3.HI/c1-2-23-22(24-13-7-12-21(28)29-17-8-3-4-9-17)25-15-16-14-20(27)26-19-11-6-5-10-18(16)19;/h5-6,10-11,16-17H,2-4,7-9,12-15H2,1H3,(H,26,27)(H2,23,24,25);1H. The number of anilines is 1. The van der Waals surface area contributed by atoms with Crippen molar-refractivity contribution in [1.82, 2.24) is 10.6 Å². The average Bonchev–Trinajstić information content (AvgIpc) is 3.21. The molecule has 0 bridgehead atoms.